The monoisotopic (exact) mass is 196 g/mol. The van der Waals surface area contributed by atoms with Crippen LogP contribution in [0, 0.1) is 0 Å². The standard InChI is InChI=1S/C10H12O4/c1-12-7-14-9-5-3-4-8(6-11)10(9)13-2/h3-6H,7H2,1-2H3. The SMILES string of the molecule is COCOc1cccc(C=O)c1OC. The summed E-state index contributed by atoms with van der Waals surface area (Å²) in [7, 11) is 3.01. The van der Waals surface area contributed by atoms with Crippen molar-refractivity contribution >= 4 is 6.29 Å². The Bertz CT molecular complexity index is 309. The van der Waals surface area contributed by atoms with Gasteiger partial charge in [0.05, 0.1) is 12.7 Å². The molecule has 0 amide bonds. The van der Waals surface area contributed by atoms with Crippen LogP contribution in [0.5, 0.6) is 11.5 Å². The lowest BCUT2D eigenvalue weighted by Gasteiger charge is -2.10. The highest BCUT2D eigenvalue weighted by atomic mass is 16.7. The van der Waals surface area contributed by atoms with Crippen molar-refractivity contribution in [2.24, 2.45) is 0 Å². The fourth-order valence-corrected chi connectivity index (χ4v) is 1.08. The maximum Gasteiger partial charge on any atom is 0.188 e. The predicted octanol–water partition coefficient (Wildman–Crippen LogP) is 1.49. The fraction of sp³-hybridized carbons (Fsp3) is 0.300. The quantitative estimate of drug-likeness (QED) is 0.528. The van der Waals surface area contributed by atoms with E-state index in [-0.39, 0.29) is 6.79 Å². The number of benzene rings is 1. The molecule has 0 aliphatic carbocycles. The zero-order chi connectivity index (χ0) is 10.4. The van der Waals surface area contributed by atoms with Crippen LogP contribution >= 0.6 is 0 Å². The molecule has 4 nitrogen and oxygen atoms in total. The van der Waals surface area contributed by atoms with E-state index in [4.69, 9.17) is 14.2 Å². The molecule has 0 unspecified atom stereocenters. The summed E-state index contributed by atoms with van der Waals surface area (Å²) >= 11 is 0. The summed E-state index contributed by atoms with van der Waals surface area (Å²) in [6.07, 6.45) is 0.721. The van der Waals surface area contributed by atoms with Crippen molar-refractivity contribution in [2.45, 2.75) is 0 Å². The Kier molecular flexibility index (Phi) is 3.94. The van der Waals surface area contributed by atoms with E-state index in [1.54, 1.807) is 18.2 Å². The Balaban J connectivity index is 2.96. The van der Waals surface area contributed by atoms with Crippen molar-refractivity contribution < 1.29 is 19.0 Å². The first-order chi connectivity index (χ1) is 6.83. The van der Waals surface area contributed by atoms with Crippen LogP contribution in [0.25, 0.3) is 0 Å². The molecule has 0 heterocycles. The first-order valence-corrected chi connectivity index (χ1v) is 4.07. The van der Waals surface area contributed by atoms with Gasteiger partial charge in [0.25, 0.3) is 0 Å². The van der Waals surface area contributed by atoms with E-state index in [0.29, 0.717) is 17.1 Å². The number of hydrogen-bond acceptors (Lipinski definition) is 4. The van der Waals surface area contributed by atoms with E-state index < -0.39 is 0 Å². The molecule has 0 saturated carbocycles. The minimum absolute atomic E-state index is 0.124. The summed E-state index contributed by atoms with van der Waals surface area (Å²) in [5.74, 6) is 0.929. The second-order valence-corrected chi connectivity index (χ2v) is 2.55. The molecule has 0 bridgehead atoms. The van der Waals surface area contributed by atoms with E-state index in [9.17, 15) is 4.79 Å². The van der Waals surface area contributed by atoms with E-state index in [0.717, 1.165) is 6.29 Å². The Morgan fingerprint density at radius 3 is 2.71 bits per heavy atom. The van der Waals surface area contributed by atoms with Gasteiger partial charge in [0.1, 0.15) is 0 Å². The van der Waals surface area contributed by atoms with Crippen molar-refractivity contribution in [3.8, 4) is 11.5 Å². The molecule has 0 N–H and O–H groups in total. The molecule has 14 heavy (non-hydrogen) atoms. The van der Waals surface area contributed by atoms with Crippen molar-refractivity contribution in [1.29, 1.82) is 0 Å². The summed E-state index contributed by atoms with van der Waals surface area (Å²) in [6.45, 7) is 0.124. The van der Waals surface area contributed by atoms with Crippen LogP contribution in [0.15, 0.2) is 18.2 Å². The zero-order valence-corrected chi connectivity index (χ0v) is 8.15. The molecule has 0 fully saturated rings. The number of carbonyl (C=O) groups excluding carboxylic acids is 1. The molecule has 1 aromatic carbocycles. The van der Waals surface area contributed by atoms with Crippen LogP contribution in [0.2, 0.25) is 0 Å². The highest BCUT2D eigenvalue weighted by Gasteiger charge is 2.08. The van der Waals surface area contributed by atoms with E-state index in [2.05, 4.69) is 0 Å². The lowest BCUT2D eigenvalue weighted by Crippen LogP contribution is -2.02. The number of carbonyl (C=O) groups is 1. The van der Waals surface area contributed by atoms with E-state index >= 15 is 0 Å². The first-order valence-electron chi connectivity index (χ1n) is 4.07. The molecule has 0 aliphatic heterocycles. The first kappa shape index (κ1) is 10.5. The molecule has 0 aromatic heterocycles. The summed E-state index contributed by atoms with van der Waals surface area (Å²) in [5.41, 5.74) is 0.459. The summed E-state index contributed by atoms with van der Waals surface area (Å²) < 4.78 is 15.0. The average Bonchev–Trinajstić information content (AvgIpc) is 2.25. The van der Waals surface area contributed by atoms with Crippen molar-refractivity contribution in [3.05, 3.63) is 23.8 Å². The van der Waals surface area contributed by atoms with Crippen LogP contribution in [0.1, 0.15) is 10.4 Å². The molecular formula is C10H12O4. The van der Waals surface area contributed by atoms with Gasteiger partial charge in [-0.15, -0.1) is 0 Å². The molecule has 1 aromatic rings. The third-order valence-corrected chi connectivity index (χ3v) is 1.67. The third-order valence-electron chi connectivity index (χ3n) is 1.67. The molecule has 4 heteroatoms. The minimum Gasteiger partial charge on any atom is -0.492 e. The Morgan fingerprint density at radius 1 is 1.36 bits per heavy atom. The zero-order valence-electron chi connectivity index (χ0n) is 8.15. The van der Waals surface area contributed by atoms with Crippen molar-refractivity contribution in [1.82, 2.24) is 0 Å². The molecule has 0 radical (unpaired) electrons. The van der Waals surface area contributed by atoms with Crippen LogP contribution in [-0.2, 0) is 4.74 Å². The summed E-state index contributed by atoms with van der Waals surface area (Å²) in [6, 6.07) is 5.09. The number of ether oxygens (including phenoxy) is 3. The number of rotatable bonds is 5. The molecule has 0 aliphatic rings. The van der Waals surface area contributed by atoms with Crippen LogP contribution in [0.3, 0.4) is 0 Å². The molecule has 0 spiro atoms. The summed E-state index contributed by atoms with van der Waals surface area (Å²) in [4.78, 5) is 10.6. The number of aldehydes is 1. The van der Waals surface area contributed by atoms with Crippen LogP contribution < -0.4 is 9.47 Å². The van der Waals surface area contributed by atoms with Crippen LogP contribution in [-0.4, -0.2) is 27.3 Å². The van der Waals surface area contributed by atoms with Gasteiger partial charge >= 0.3 is 0 Å². The van der Waals surface area contributed by atoms with Crippen molar-refractivity contribution in [3.63, 3.8) is 0 Å². The largest absolute Gasteiger partial charge is 0.492 e. The van der Waals surface area contributed by atoms with Gasteiger partial charge in [-0.25, -0.2) is 0 Å². The third kappa shape index (κ3) is 2.23. The molecule has 1 rings (SSSR count). The lowest BCUT2D eigenvalue weighted by atomic mass is 10.2. The average molecular weight is 196 g/mol. The highest BCUT2D eigenvalue weighted by Crippen LogP contribution is 2.29. The maximum atomic E-state index is 10.6. The maximum absolute atomic E-state index is 10.6. The van der Waals surface area contributed by atoms with Gasteiger partial charge in [-0.1, -0.05) is 6.07 Å². The van der Waals surface area contributed by atoms with E-state index in [1.165, 1.54) is 14.2 Å². The van der Waals surface area contributed by atoms with Crippen LogP contribution in [0.4, 0.5) is 0 Å². The normalized spacial score (nSPS) is 9.57. The number of hydrogen-bond donors (Lipinski definition) is 0. The van der Waals surface area contributed by atoms with Gasteiger partial charge in [-0.2, -0.15) is 0 Å². The van der Waals surface area contributed by atoms with E-state index in [1.807, 2.05) is 0 Å². The summed E-state index contributed by atoms with van der Waals surface area (Å²) in [5, 5.41) is 0. The van der Waals surface area contributed by atoms with Gasteiger partial charge < -0.3 is 14.2 Å². The second kappa shape index (κ2) is 5.24. The van der Waals surface area contributed by atoms with Gasteiger partial charge in [0.2, 0.25) is 0 Å². The molecule has 0 saturated heterocycles. The topological polar surface area (TPSA) is 44.8 Å². The number of methoxy groups -OCH3 is 2. The molecule has 0 atom stereocenters. The Labute approximate surface area is 82.4 Å². The molecular weight excluding hydrogens is 184 g/mol. The Hall–Kier alpha value is -1.55. The fourth-order valence-electron chi connectivity index (χ4n) is 1.08. The van der Waals surface area contributed by atoms with Crippen molar-refractivity contribution in [2.75, 3.05) is 21.0 Å². The second-order valence-electron chi connectivity index (χ2n) is 2.55. The van der Waals surface area contributed by atoms with Gasteiger partial charge in [0.15, 0.2) is 24.6 Å². The lowest BCUT2D eigenvalue weighted by molar-refractivity contribution is 0.0490. The van der Waals surface area contributed by atoms with Gasteiger partial charge in [-0.3, -0.25) is 4.79 Å². The predicted molar refractivity (Wildman–Crippen MR) is 50.9 cm³/mol. The smallest absolute Gasteiger partial charge is 0.188 e. The van der Waals surface area contributed by atoms with Gasteiger partial charge in [0, 0.05) is 7.11 Å². The Morgan fingerprint density at radius 2 is 2.14 bits per heavy atom. The minimum atomic E-state index is 0.124. The van der Waals surface area contributed by atoms with Gasteiger partial charge in [-0.05, 0) is 12.1 Å². The number of para-hydroxylation sites is 1. The highest BCUT2D eigenvalue weighted by molar-refractivity contribution is 5.81. The molecule has 76 valence electrons.